The summed E-state index contributed by atoms with van der Waals surface area (Å²) in [6.45, 7) is 5.76. The Kier molecular flexibility index (Phi) is 5.78. The minimum absolute atomic E-state index is 0.257. The van der Waals surface area contributed by atoms with Crippen LogP contribution in [0.3, 0.4) is 0 Å². The van der Waals surface area contributed by atoms with E-state index in [-0.39, 0.29) is 5.91 Å². The zero-order valence-corrected chi connectivity index (χ0v) is 18.0. The minimum Gasteiger partial charge on any atom is -0.494 e. The Bertz CT molecular complexity index is 1100. The topological polar surface area (TPSA) is 105 Å². The highest BCUT2D eigenvalue weighted by Crippen LogP contribution is 2.33. The van der Waals surface area contributed by atoms with Crippen LogP contribution in [0.1, 0.15) is 10.4 Å². The molecule has 0 spiro atoms. The number of hydrogen-bond donors (Lipinski definition) is 2. The lowest BCUT2D eigenvalue weighted by Crippen LogP contribution is -2.36. The number of nitrogens with one attached hydrogen (secondary N) is 2. The number of pyridine rings is 1. The SMILES string of the molecule is COc1ccc(N2CCOCC2)c2nc(NC(=O)c3ccnc(N4CCOCC4)c3)[nH]c12. The summed E-state index contributed by atoms with van der Waals surface area (Å²) >= 11 is 0. The van der Waals surface area contributed by atoms with E-state index in [1.54, 1.807) is 25.4 Å². The van der Waals surface area contributed by atoms with Crippen molar-refractivity contribution in [1.29, 1.82) is 0 Å². The van der Waals surface area contributed by atoms with Crippen LogP contribution in [0.2, 0.25) is 0 Å². The van der Waals surface area contributed by atoms with Gasteiger partial charge in [-0.3, -0.25) is 10.1 Å². The van der Waals surface area contributed by atoms with E-state index in [9.17, 15) is 4.79 Å². The summed E-state index contributed by atoms with van der Waals surface area (Å²) in [5, 5.41) is 2.88. The Labute approximate surface area is 185 Å². The van der Waals surface area contributed by atoms with E-state index in [0.29, 0.717) is 43.7 Å². The molecule has 168 valence electrons. The van der Waals surface area contributed by atoms with E-state index in [1.165, 1.54) is 0 Å². The number of fused-ring (bicyclic) bond motifs is 1. The Hall–Kier alpha value is -3.37. The van der Waals surface area contributed by atoms with Crippen molar-refractivity contribution in [2.24, 2.45) is 0 Å². The number of anilines is 3. The average Bonchev–Trinajstić information content (AvgIpc) is 3.28. The summed E-state index contributed by atoms with van der Waals surface area (Å²) in [7, 11) is 1.62. The summed E-state index contributed by atoms with van der Waals surface area (Å²) in [5.41, 5.74) is 3.00. The second kappa shape index (κ2) is 9.01. The van der Waals surface area contributed by atoms with Crippen LogP contribution < -0.4 is 19.9 Å². The van der Waals surface area contributed by atoms with Crippen molar-refractivity contribution in [3.05, 3.63) is 36.0 Å². The fourth-order valence-corrected chi connectivity index (χ4v) is 4.05. The number of carbonyl (C=O) groups is 1. The molecule has 0 saturated carbocycles. The van der Waals surface area contributed by atoms with E-state index < -0.39 is 0 Å². The second-order valence-electron chi connectivity index (χ2n) is 7.65. The fraction of sp³-hybridized carbons (Fsp3) is 0.409. The van der Waals surface area contributed by atoms with Gasteiger partial charge in [-0.2, -0.15) is 0 Å². The first-order valence-electron chi connectivity index (χ1n) is 10.7. The van der Waals surface area contributed by atoms with Crippen LogP contribution in [-0.4, -0.2) is 80.6 Å². The monoisotopic (exact) mass is 438 g/mol. The number of morpholine rings is 2. The van der Waals surface area contributed by atoms with Gasteiger partial charge in [-0.25, -0.2) is 9.97 Å². The Morgan fingerprint density at radius 1 is 1.06 bits per heavy atom. The lowest BCUT2D eigenvalue weighted by molar-refractivity contribution is 0.102. The van der Waals surface area contributed by atoms with Crippen LogP contribution in [0.5, 0.6) is 5.75 Å². The first-order valence-corrected chi connectivity index (χ1v) is 10.7. The zero-order chi connectivity index (χ0) is 21.9. The molecule has 2 aliphatic rings. The number of nitrogens with zero attached hydrogens (tertiary/aromatic N) is 4. The van der Waals surface area contributed by atoms with Crippen molar-refractivity contribution in [2.45, 2.75) is 0 Å². The predicted octanol–water partition coefficient (Wildman–Crippen LogP) is 1.89. The molecule has 0 atom stereocenters. The molecule has 0 unspecified atom stereocenters. The van der Waals surface area contributed by atoms with Gasteiger partial charge in [0.25, 0.3) is 5.91 Å². The lowest BCUT2D eigenvalue weighted by atomic mass is 10.2. The third kappa shape index (κ3) is 4.06. The van der Waals surface area contributed by atoms with Crippen LogP contribution in [0.15, 0.2) is 30.5 Å². The number of amides is 1. The highest BCUT2D eigenvalue weighted by atomic mass is 16.5. The van der Waals surface area contributed by atoms with Gasteiger partial charge in [0.15, 0.2) is 0 Å². The Balaban J connectivity index is 1.41. The summed E-state index contributed by atoms with van der Waals surface area (Å²) in [6, 6.07) is 7.40. The van der Waals surface area contributed by atoms with Gasteiger partial charge >= 0.3 is 0 Å². The second-order valence-corrected chi connectivity index (χ2v) is 7.65. The molecule has 5 rings (SSSR count). The molecule has 1 amide bonds. The molecule has 2 N–H and O–H groups in total. The third-order valence-electron chi connectivity index (χ3n) is 5.73. The van der Waals surface area contributed by atoms with E-state index in [4.69, 9.17) is 14.2 Å². The fourth-order valence-electron chi connectivity index (χ4n) is 4.05. The summed E-state index contributed by atoms with van der Waals surface area (Å²) in [6.07, 6.45) is 1.65. The zero-order valence-electron chi connectivity index (χ0n) is 18.0. The van der Waals surface area contributed by atoms with Crippen LogP contribution in [-0.2, 0) is 9.47 Å². The quantitative estimate of drug-likeness (QED) is 0.622. The third-order valence-corrected chi connectivity index (χ3v) is 5.73. The van der Waals surface area contributed by atoms with Gasteiger partial charge in [-0.05, 0) is 24.3 Å². The molecule has 0 bridgehead atoms. The number of aromatic amines is 1. The number of aromatic nitrogens is 3. The normalized spacial score (nSPS) is 16.9. The number of benzene rings is 1. The van der Waals surface area contributed by atoms with Crippen LogP contribution >= 0.6 is 0 Å². The first kappa shape index (κ1) is 20.5. The van der Waals surface area contributed by atoms with Crippen molar-refractivity contribution in [3.63, 3.8) is 0 Å². The van der Waals surface area contributed by atoms with Gasteiger partial charge in [0.2, 0.25) is 5.95 Å². The number of ether oxygens (including phenoxy) is 3. The van der Waals surface area contributed by atoms with Gasteiger partial charge in [0, 0.05) is 37.9 Å². The summed E-state index contributed by atoms with van der Waals surface area (Å²) in [5.74, 6) is 1.55. The first-order chi connectivity index (χ1) is 15.7. The Morgan fingerprint density at radius 2 is 1.78 bits per heavy atom. The number of rotatable bonds is 5. The standard InChI is InChI=1S/C22H26N6O4/c1-30-17-3-2-16(27-6-10-31-11-7-27)19-20(17)25-22(24-19)26-21(29)15-4-5-23-18(14-15)28-8-12-32-13-9-28/h2-5,14H,6-13H2,1H3,(H2,24,25,26,29). The maximum atomic E-state index is 13.0. The molecule has 10 heteroatoms. The van der Waals surface area contributed by atoms with Gasteiger partial charge in [0.1, 0.15) is 22.6 Å². The van der Waals surface area contributed by atoms with Crippen molar-refractivity contribution in [3.8, 4) is 5.75 Å². The van der Waals surface area contributed by atoms with Crippen LogP contribution in [0, 0.1) is 0 Å². The molecule has 4 heterocycles. The van der Waals surface area contributed by atoms with Crippen molar-refractivity contribution >= 4 is 34.4 Å². The van der Waals surface area contributed by atoms with E-state index >= 15 is 0 Å². The molecular formula is C22H26N6O4. The van der Waals surface area contributed by atoms with Gasteiger partial charge < -0.3 is 29.0 Å². The maximum absolute atomic E-state index is 13.0. The highest BCUT2D eigenvalue weighted by Gasteiger charge is 2.20. The number of carbonyl (C=O) groups excluding carboxylic acids is 1. The predicted molar refractivity (Wildman–Crippen MR) is 121 cm³/mol. The van der Waals surface area contributed by atoms with Crippen LogP contribution in [0.4, 0.5) is 17.5 Å². The molecule has 32 heavy (non-hydrogen) atoms. The largest absolute Gasteiger partial charge is 0.494 e. The number of hydrogen-bond acceptors (Lipinski definition) is 8. The number of imidazole rings is 1. The van der Waals surface area contributed by atoms with Crippen molar-refractivity contribution < 1.29 is 19.0 Å². The van der Waals surface area contributed by atoms with Crippen LogP contribution in [0.25, 0.3) is 11.0 Å². The molecule has 2 fully saturated rings. The number of H-pyrrole nitrogens is 1. The molecular weight excluding hydrogens is 412 g/mol. The molecule has 10 nitrogen and oxygen atoms in total. The van der Waals surface area contributed by atoms with Crippen molar-refractivity contribution in [1.82, 2.24) is 15.0 Å². The lowest BCUT2D eigenvalue weighted by Gasteiger charge is -2.29. The van der Waals surface area contributed by atoms with Gasteiger partial charge in [0.05, 0.1) is 39.2 Å². The number of methoxy groups -OCH3 is 1. The highest BCUT2D eigenvalue weighted by molar-refractivity contribution is 6.05. The van der Waals surface area contributed by atoms with Crippen molar-refractivity contribution in [2.75, 3.05) is 74.8 Å². The minimum atomic E-state index is -0.257. The summed E-state index contributed by atoms with van der Waals surface area (Å²) < 4.78 is 16.4. The molecule has 2 aliphatic heterocycles. The smallest absolute Gasteiger partial charge is 0.258 e. The van der Waals surface area contributed by atoms with Gasteiger partial charge in [-0.1, -0.05) is 0 Å². The van der Waals surface area contributed by atoms with E-state index in [1.807, 2.05) is 12.1 Å². The molecule has 0 radical (unpaired) electrons. The average molecular weight is 438 g/mol. The summed E-state index contributed by atoms with van der Waals surface area (Å²) in [4.78, 5) is 29.6. The molecule has 3 aromatic rings. The molecule has 0 aliphatic carbocycles. The molecule has 2 saturated heterocycles. The molecule has 1 aromatic carbocycles. The Morgan fingerprint density at radius 3 is 2.50 bits per heavy atom. The van der Waals surface area contributed by atoms with E-state index in [0.717, 1.165) is 48.7 Å². The molecule has 2 aromatic heterocycles. The maximum Gasteiger partial charge on any atom is 0.258 e. The van der Waals surface area contributed by atoms with Gasteiger partial charge in [-0.15, -0.1) is 0 Å². The van der Waals surface area contributed by atoms with E-state index in [2.05, 4.69) is 30.1 Å².